The predicted molar refractivity (Wildman–Crippen MR) is 74.0 cm³/mol. The second kappa shape index (κ2) is 5.42. The Morgan fingerprint density at radius 1 is 1.47 bits per heavy atom. The molecule has 0 aromatic carbocycles. The van der Waals surface area contributed by atoms with Gasteiger partial charge >= 0.3 is 0 Å². The number of pyridine rings is 2. The number of hydrogen-bond donors (Lipinski definition) is 2. The fraction of sp³-hybridized carbons (Fsp3) is 0.333. The largest absolute Gasteiger partial charge is 0.379 e. The molecule has 2 heterocycles. The number of rotatable bonds is 4. The molecule has 0 bridgehead atoms. The van der Waals surface area contributed by atoms with Crippen molar-refractivity contribution in [1.29, 1.82) is 0 Å². The summed E-state index contributed by atoms with van der Waals surface area (Å²) in [7, 11) is 0. The fourth-order valence-electron chi connectivity index (χ4n) is 1.67. The van der Waals surface area contributed by atoms with Crippen molar-refractivity contribution in [1.82, 2.24) is 9.97 Å². The van der Waals surface area contributed by atoms with E-state index in [1.165, 1.54) is 0 Å². The highest BCUT2D eigenvalue weighted by molar-refractivity contribution is 9.10. The lowest BCUT2D eigenvalue weighted by molar-refractivity contribution is 0.704. The van der Waals surface area contributed by atoms with Gasteiger partial charge in [-0.15, -0.1) is 0 Å². The van der Waals surface area contributed by atoms with E-state index in [1.54, 1.807) is 12.4 Å². The highest BCUT2D eigenvalue weighted by atomic mass is 79.9. The van der Waals surface area contributed by atoms with Gasteiger partial charge in [0.2, 0.25) is 0 Å². The summed E-state index contributed by atoms with van der Waals surface area (Å²) in [6, 6.07) is 4.16. The first kappa shape index (κ1) is 12.3. The first-order valence-electron chi connectivity index (χ1n) is 5.61. The third kappa shape index (κ3) is 2.73. The van der Waals surface area contributed by atoms with Gasteiger partial charge in [-0.3, -0.25) is 9.97 Å². The van der Waals surface area contributed by atoms with Crippen LogP contribution >= 0.6 is 15.9 Å². The third-order valence-electron chi connectivity index (χ3n) is 2.68. The van der Waals surface area contributed by atoms with Crippen LogP contribution in [-0.2, 0) is 0 Å². The smallest absolute Gasteiger partial charge is 0.112 e. The van der Waals surface area contributed by atoms with Crippen LogP contribution in [0, 0.1) is 0 Å². The molecule has 0 aliphatic heterocycles. The van der Waals surface area contributed by atoms with Gasteiger partial charge in [0.1, 0.15) is 5.52 Å². The molecule has 0 radical (unpaired) electrons. The molecule has 0 fully saturated rings. The first-order valence-corrected chi connectivity index (χ1v) is 6.40. The Bertz CT molecular complexity index is 511. The predicted octanol–water partition coefficient (Wildman–Crippen LogP) is 2.54. The van der Waals surface area contributed by atoms with Crippen LogP contribution in [0.3, 0.4) is 0 Å². The number of nitrogens with zero attached hydrogens (tertiary/aromatic N) is 2. The third-order valence-corrected chi connectivity index (χ3v) is 3.11. The van der Waals surface area contributed by atoms with E-state index in [9.17, 15) is 0 Å². The van der Waals surface area contributed by atoms with Crippen LogP contribution < -0.4 is 11.1 Å². The highest BCUT2D eigenvalue weighted by Gasteiger charge is 2.08. The lowest BCUT2D eigenvalue weighted by Crippen LogP contribution is -2.28. The van der Waals surface area contributed by atoms with Crippen LogP contribution in [0.1, 0.15) is 13.3 Å². The summed E-state index contributed by atoms with van der Waals surface area (Å²) in [5.74, 6) is 0. The molecule has 1 atom stereocenters. The Labute approximate surface area is 109 Å². The number of fused-ring (bicyclic) bond motifs is 1. The second-order valence-electron chi connectivity index (χ2n) is 3.86. The average Bonchev–Trinajstić information content (AvgIpc) is 2.35. The number of aromatic nitrogens is 2. The molecular formula is C12H15BrN4. The molecule has 0 aliphatic carbocycles. The summed E-state index contributed by atoms with van der Waals surface area (Å²) in [4.78, 5) is 8.69. The molecule has 2 rings (SSSR count). The molecule has 0 spiro atoms. The molecule has 90 valence electrons. The van der Waals surface area contributed by atoms with Crippen molar-refractivity contribution in [2.24, 2.45) is 5.73 Å². The maximum absolute atomic E-state index is 5.69. The monoisotopic (exact) mass is 294 g/mol. The molecule has 0 amide bonds. The Balaban J connectivity index is 2.40. The molecule has 2 aromatic heterocycles. The van der Waals surface area contributed by atoms with Crippen LogP contribution in [0.15, 0.2) is 29.0 Å². The Morgan fingerprint density at radius 2 is 2.29 bits per heavy atom. The van der Waals surface area contributed by atoms with Crippen molar-refractivity contribution in [2.75, 3.05) is 11.9 Å². The van der Waals surface area contributed by atoms with E-state index < -0.39 is 0 Å². The number of hydrogen-bond acceptors (Lipinski definition) is 4. The minimum absolute atomic E-state index is 0.269. The first-order chi connectivity index (χ1) is 8.24. The van der Waals surface area contributed by atoms with E-state index in [4.69, 9.17) is 5.73 Å². The summed E-state index contributed by atoms with van der Waals surface area (Å²) in [5.41, 5.74) is 8.43. The number of nitrogens with two attached hydrogens (primary N) is 1. The van der Waals surface area contributed by atoms with E-state index in [0.717, 1.165) is 27.6 Å². The molecule has 4 nitrogen and oxygen atoms in total. The molecular weight excluding hydrogens is 280 g/mol. The van der Waals surface area contributed by atoms with E-state index >= 15 is 0 Å². The Morgan fingerprint density at radius 3 is 3.00 bits per heavy atom. The SMILES string of the molecule is CCC(CN)Nc1ccnc2cc(Br)cnc12. The Hall–Kier alpha value is -1.20. The van der Waals surface area contributed by atoms with Gasteiger partial charge in [0.05, 0.1) is 11.2 Å². The molecule has 0 saturated heterocycles. The van der Waals surface area contributed by atoms with E-state index in [0.29, 0.717) is 6.54 Å². The van der Waals surface area contributed by atoms with Crippen LogP contribution in [0.2, 0.25) is 0 Å². The van der Waals surface area contributed by atoms with Gasteiger partial charge in [0, 0.05) is 29.5 Å². The zero-order valence-electron chi connectivity index (χ0n) is 9.65. The van der Waals surface area contributed by atoms with Crippen molar-refractivity contribution in [3.8, 4) is 0 Å². The summed E-state index contributed by atoms with van der Waals surface area (Å²) in [5, 5.41) is 3.40. The Kier molecular flexibility index (Phi) is 3.91. The standard InChI is InChI=1S/C12H15BrN4/c1-2-9(6-14)17-10-3-4-15-11-5-8(13)7-16-12(10)11/h3-5,7,9H,2,6,14H2,1H3,(H,15,17). The number of anilines is 1. The van der Waals surface area contributed by atoms with Gasteiger partial charge in [-0.05, 0) is 34.5 Å². The van der Waals surface area contributed by atoms with Crippen LogP contribution in [-0.4, -0.2) is 22.6 Å². The zero-order chi connectivity index (χ0) is 12.3. The van der Waals surface area contributed by atoms with Crippen molar-refractivity contribution in [3.63, 3.8) is 0 Å². The molecule has 3 N–H and O–H groups in total. The van der Waals surface area contributed by atoms with Gasteiger partial charge in [-0.1, -0.05) is 6.92 Å². The van der Waals surface area contributed by atoms with Crippen molar-refractivity contribution in [2.45, 2.75) is 19.4 Å². The van der Waals surface area contributed by atoms with Gasteiger partial charge in [0.15, 0.2) is 0 Å². The maximum Gasteiger partial charge on any atom is 0.112 e. The topological polar surface area (TPSA) is 63.8 Å². The van der Waals surface area contributed by atoms with Crippen LogP contribution in [0.4, 0.5) is 5.69 Å². The molecule has 1 unspecified atom stereocenters. The van der Waals surface area contributed by atoms with Gasteiger partial charge in [0.25, 0.3) is 0 Å². The number of nitrogens with one attached hydrogen (secondary N) is 1. The fourth-order valence-corrected chi connectivity index (χ4v) is 1.99. The van der Waals surface area contributed by atoms with Gasteiger partial charge in [-0.25, -0.2) is 0 Å². The van der Waals surface area contributed by atoms with Crippen molar-refractivity contribution in [3.05, 3.63) is 29.0 Å². The summed E-state index contributed by atoms with van der Waals surface area (Å²) in [6.07, 6.45) is 4.54. The quantitative estimate of drug-likeness (QED) is 0.910. The van der Waals surface area contributed by atoms with E-state index in [2.05, 4.69) is 38.1 Å². The minimum Gasteiger partial charge on any atom is -0.379 e. The van der Waals surface area contributed by atoms with Crippen LogP contribution in [0.5, 0.6) is 0 Å². The molecule has 5 heteroatoms. The summed E-state index contributed by atoms with van der Waals surface area (Å²) >= 11 is 3.39. The van der Waals surface area contributed by atoms with Gasteiger partial charge in [-0.2, -0.15) is 0 Å². The lowest BCUT2D eigenvalue weighted by Gasteiger charge is -2.16. The summed E-state index contributed by atoms with van der Waals surface area (Å²) < 4.78 is 0.931. The molecule has 0 saturated carbocycles. The minimum atomic E-state index is 0.269. The zero-order valence-corrected chi connectivity index (χ0v) is 11.2. The second-order valence-corrected chi connectivity index (χ2v) is 4.78. The van der Waals surface area contributed by atoms with Crippen molar-refractivity contribution >= 4 is 32.7 Å². The molecule has 2 aromatic rings. The normalized spacial score (nSPS) is 12.6. The van der Waals surface area contributed by atoms with Crippen LogP contribution in [0.25, 0.3) is 11.0 Å². The van der Waals surface area contributed by atoms with E-state index in [1.807, 2.05) is 12.1 Å². The average molecular weight is 295 g/mol. The van der Waals surface area contributed by atoms with Crippen molar-refractivity contribution < 1.29 is 0 Å². The summed E-state index contributed by atoms with van der Waals surface area (Å²) in [6.45, 7) is 2.72. The molecule has 17 heavy (non-hydrogen) atoms. The molecule has 0 aliphatic rings. The maximum atomic E-state index is 5.69. The number of halogens is 1. The lowest BCUT2D eigenvalue weighted by atomic mass is 10.2. The van der Waals surface area contributed by atoms with E-state index in [-0.39, 0.29) is 6.04 Å². The van der Waals surface area contributed by atoms with Gasteiger partial charge < -0.3 is 11.1 Å². The highest BCUT2D eigenvalue weighted by Crippen LogP contribution is 2.22.